The summed E-state index contributed by atoms with van der Waals surface area (Å²) in [4.78, 5) is 50.8. The van der Waals surface area contributed by atoms with E-state index in [4.69, 9.17) is 23.5 Å². The summed E-state index contributed by atoms with van der Waals surface area (Å²) in [5, 5.41) is 14.6. The molecule has 1 aliphatic heterocycles. The van der Waals surface area contributed by atoms with Crippen molar-refractivity contribution in [1.82, 2.24) is 19.7 Å². The number of H-pyrrole nitrogens is 1. The topological polar surface area (TPSA) is 197 Å². The van der Waals surface area contributed by atoms with Crippen LogP contribution in [0.5, 0.6) is 0 Å². The maximum atomic E-state index is 13.8. The van der Waals surface area contributed by atoms with Crippen LogP contribution in [0.25, 0.3) is 0 Å². The first-order chi connectivity index (χ1) is 18.1. The van der Waals surface area contributed by atoms with Gasteiger partial charge in [-0.05, 0) is 48.5 Å². The van der Waals surface area contributed by atoms with E-state index >= 15 is 0 Å². The van der Waals surface area contributed by atoms with Crippen molar-refractivity contribution in [2.24, 2.45) is 0 Å². The molecule has 222 valence electrons. The van der Waals surface area contributed by atoms with Crippen molar-refractivity contribution < 1.29 is 42.7 Å². The second-order valence-corrected chi connectivity index (χ2v) is 11.8. The number of rotatable bonds is 14. The van der Waals surface area contributed by atoms with E-state index in [-0.39, 0.29) is 13.0 Å². The van der Waals surface area contributed by atoms with Crippen LogP contribution in [0.15, 0.2) is 21.9 Å². The molecule has 0 bridgehead atoms. The lowest BCUT2D eigenvalue weighted by Gasteiger charge is -2.29. The second-order valence-electron chi connectivity index (χ2n) is 9.94. The monoisotopic (exact) mass is 578 g/mol. The highest BCUT2D eigenvalue weighted by molar-refractivity contribution is 7.54. The Morgan fingerprint density at radius 2 is 1.67 bits per heavy atom. The van der Waals surface area contributed by atoms with Gasteiger partial charge in [0.1, 0.15) is 24.5 Å². The molecule has 4 N–H and O–H groups in total. The minimum Gasteiger partial charge on any atom is -0.462 e. The van der Waals surface area contributed by atoms with E-state index in [9.17, 15) is 28.8 Å². The van der Waals surface area contributed by atoms with Crippen molar-refractivity contribution in [3.05, 3.63) is 33.1 Å². The Bertz CT molecular complexity index is 1120. The summed E-state index contributed by atoms with van der Waals surface area (Å²) < 4.78 is 42.4. The molecule has 2 heterocycles. The molecule has 5 unspecified atom stereocenters. The van der Waals surface area contributed by atoms with Gasteiger partial charge in [0, 0.05) is 18.7 Å². The summed E-state index contributed by atoms with van der Waals surface area (Å²) in [7, 11) is -4.13. The Kier molecular flexibility index (Phi) is 11.6. The van der Waals surface area contributed by atoms with Crippen LogP contribution >= 0.6 is 7.67 Å². The highest BCUT2D eigenvalue weighted by atomic mass is 31.2. The number of carbonyl (C=O) groups is 2. The summed E-state index contributed by atoms with van der Waals surface area (Å²) in [6.07, 6.45) is -1.43. The van der Waals surface area contributed by atoms with E-state index < -0.39 is 79.9 Å². The van der Waals surface area contributed by atoms with Crippen molar-refractivity contribution in [3.63, 3.8) is 0 Å². The molecule has 16 heteroatoms. The van der Waals surface area contributed by atoms with Gasteiger partial charge in [-0.3, -0.25) is 28.5 Å². The summed E-state index contributed by atoms with van der Waals surface area (Å²) in [6.45, 7) is 10.1. The molecule has 15 nitrogen and oxygen atoms in total. The maximum Gasteiger partial charge on any atom is 0.342 e. The van der Waals surface area contributed by atoms with E-state index in [1.807, 2.05) is 0 Å². The van der Waals surface area contributed by atoms with Gasteiger partial charge in [-0.1, -0.05) is 0 Å². The minimum atomic E-state index is -4.13. The van der Waals surface area contributed by atoms with Gasteiger partial charge in [0.15, 0.2) is 6.23 Å². The van der Waals surface area contributed by atoms with Crippen LogP contribution in [0, 0.1) is 0 Å². The smallest absolute Gasteiger partial charge is 0.342 e. The number of hydrogen-bond donors (Lipinski definition) is 4. The van der Waals surface area contributed by atoms with Crippen molar-refractivity contribution in [2.45, 2.75) is 97.1 Å². The molecular weight excluding hydrogens is 539 g/mol. The lowest BCUT2D eigenvalue weighted by molar-refractivity contribution is -0.160. The standard InChI is InChI=1S/C23H39N4O11P/c1-13(2)36-19(30)15(5)25-39(33,26-16(6)20(31)37-14(3)4)35-11-17-10-23(7,34-12-28)21(38-17)27-9-8-18(29)24-22(27)32/h8-9,13-17,21,28H,10-12H2,1-7H3,(H,24,29,32)(H2,25,26,33). The lowest BCUT2D eigenvalue weighted by atomic mass is 10.00. The summed E-state index contributed by atoms with van der Waals surface area (Å²) >= 11 is 0. The van der Waals surface area contributed by atoms with Crippen molar-refractivity contribution in [3.8, 4) is 0 Å². The lowest BCUT2D eigenvalue weighted by Crippen LogP contribution is -2.43. The predicted molar refractivity (Wildman–Crippen MR) is 138 cm³/mol. The predicted octanol–water partition coefficient (Wildman–Crippen LogP) is 0.533. The van der Waals surface area contributed by atoms with Crippen LogP contribution in [0.4, 0.5) is 0 Å². The zero-order valence-electron chi connectivity index (χ0n) is 23.2. The highest BCUT2D eigenvalue weighted by Crippen LogP contribution is 2.44. The van der Waals surface area contributed by atoms with E-state index in [0.717, 1.165) is 10.6 Å². The normalized spacial score (nSPS) is 24.4. The van der Waals surface area contributed by atoms with Crippen LogP contribution in [-0.2, 0) is 37.6 Å². The fraction of sp³-hybridized carbons (Fsp3) is 0.739. The van der Waals surface area contributed by atoms with Gasteiger partial charge >= 0.3 is 25.3 Å². The number of carbonyl (C=O) groups excluding carboxylic acids is 2. The van der Waals surface area contributed by atoms with Crippen LogP contribution in [0.3, 0.4) is 0 Å². The fourth-order valence-corrected chi connectivity index (χ4v) is 5.69. The average molecular weight is 579 g/mol. The Morgan fingerprint density at radius 1 is 1.13 bits per heavy atom. The van der Waals surface area contributed by atoms with E-state index in [0.29, 0.717) is 0 Å². The summed E-state index contributed by atoms with van der Waals surface area (Å²) in [5.41, 5.74) is -2.60. The molecule has 0 saturated carbocycles. The molecule has 0 spiro atoms. The Hall–Kier alpha value is -2.39. The minimum absolute atomic E-state index is 0.0830. The fourth-order valence-electron chi connectivity index (χ4n) is 3.86. The molecule has 2 rings (SSSR count). The van der Waals surface area contributed by atoms with Crippen LogP contribution in [-0.4, -0.2) is 76.0 Å². The highest BCUT2D eigenvalue weighted by Gasteiger charge is 2.48. The SMILES string of the molecule is CC(C)OC(=O)C(C)NP(=O)(NC(C)C(=O)OC(C)C)OCC1CC(C)(OCO)C(n2ccc(=O)[nH]c2=O)O1. The molecule has 5 atom stereocenters. The molecule has 0 amide bonds. The molecule has 1 aromatic rings. The quantitative estimate of drug-likeness (QED) is 0.136. The van der Waals surface area contributed by atoms with Gasteiger partial charge in [-0.2, -0.15) is 0 Å². The molecule has 1 fully saturated rings. The number of nitrogens with one attached hydrogen (secondary N) is 3. The number of hydrogen-bond acceptors (Lipinski definition) is 11. The molecule has 1 aromatic heterocycles. The van der Waals surface area contributed by atoms with Crippen molar-refractivity contribution in [1.29, 1.82) is 0 Å². The van der Waals surface area contributed by atoms with Gasteiger partial charge in [0.05, 0.1) is 24.9 Å². The largest absolute Gasteiger partial charge is 0.462 e. The maximum absolute atomic E-state index is 13.8. The average Bonchev–Trinajstić information content (AvgIpc) is 3.13. The number of aromatic nitrogens is 2. The van der Waals surface area contributed by atoms with Crippen LogP contribution < -0.4 is 21.4 Å². The Morgan fingerprint density at radius 3 is 2.13 bits per heavy atom. The number of ether oxygens (including phenoxy) is 4. The zero-order valence-corrected chi connectivity index (χ0v) is 24.1. The van der Waals surface area contributed by atoms with Gasteiger partial charge in [-0.25, -0.2) is 15.0 Å². The third kappa shape index (κ3) is 9.34. The van der Waals surface area contributed by atoms with Crippen LogP contribution in [0.2, 0.25) is 0 Å². The Balaban J connectivity index is 2.25. The van der Waals surface area contributed by atoms with Crippen molar-refractivity contribution >= 4 is 19.6 Å². The van der Waals surface area contributed by atoms with Gasteiger partial charge in [0.2, 0.25) is 0 Å². The first-order valence-corrected chi connectivity index (χ1v) is 14.1. The number of esters is 2. The molecule has 1 saturated heterocycles. The van der Waals surface area contributed by atoms with Crippen LogP contribution in [0.1, 0.15) is 61.1 Å². The van der Waals surface area contributed by atoms with Crippen molar-refractivity contribution in [2.75, 3.05) is 13.4 Å². The number of aliphatic hydroxyl groups excluding tert-OH is 1. The first kappa shape index (κ1) is 32.8. The molecule has 0 aromatic carbocycles. The molecule has 1 aliphatic rings. The zero-order chi connectivity index (χ0) is 29.5. The van der Waals surface area contributed by atoms with E-state index in [1.165, 1.54) is 20.0 Å². The third-order valence-corrected chi connectivity index (χ3v) is 7.52. The Labute approximate surface area is 226 Å². The first-order valence-electron chi connectivity index (χ1n) is 12.5. The van der Waals surface area contributed by atoms with Gasteiger partial charge in [0.25, 0.3) is 5.56 Å². The van der Waals surface area contributed by atoms with E-state index in [2.05, 4.69) is 15.2 Å². The van der Waals surface area contributed by atoms with Gasteiger partial charge < -0.3 is 28.6 Å². The molecule has 0 aliphatic carbocycles. The molecule has 39 heavy (non-hydrogen) atoms. The number of aliphatic hydroxyl groups is 1. The number of aromatic amines is 1. The number of nitrogens with zero attached hydrogens (tertiary/aromatic N) is 1. The molecule has 0 radical (unpaired) electrons. The second kappa shape index (κ2) is 13.8. The van der Waals surface area contributed by atoms with Gasteiger partial charge in [-0.15, -0.1) is 0 Å². The third-order valence-electron chi connectivity index (χ3n) is 5.56. The van der Waals surface area contributed by atoms with E-state index in [1.54, 1.807) is 34.6 Å². The summed E-state index contributed by atoms with van der Waals surface area (Å²) in [5.74, 6) is -1.38. The molecular formula is C23H39N4O11P. The summed E-state index contributed by atoms with van der Waals surface area (Å²) in [6, 6.07) is -1.04.